The van der Waals surface area contributed by atoms with Crippen LogP contribution in [0.3, 0.4) is 0 Å². The van der Waals surface area contributed by atoms with Gasteiger partial charge in [-0.3, -0.25) is 9.58 Å². The zero-order chi connectivity index (χ0) is 17.0. The zero-order valence-electron chi connectivity index (χ0n) is 14.5. The van der Waals surface area contributed by atoms with E-state index in [1.807, 2.05) is 44.8 Å². The van der Waals surface area contributed by atoms with Gasteiger partial charge in [-0.2, -0.15) is 5.10 Å². The average molecular weight is 324 g/mol. The minimum Gasteiger partial charge on any atom is -0.444 e. The van der Waals surface area contributed by atoms with Crippen molar-refractivity contribution in [3.63, 3.8) is 0 Å². The summed E-state index contributed by atoms with van der Waals surface area (Å²) in [4.78, 5) is 16.0. The molecular weight excluding hydrogens is 296 g/mol. The minimum atomic E-state index is -0.502. The number of aryl methyl sites for hydroxylation is 1. The maximum Gasteiger partial charge on any atom is 0.410 e. The second kappa shape index (κ2) is 7.31. The molecule has 130 valence electrons. The molecule has 0 spiro atoms. The van der Waals surface area contributed by atoms with Crippen LogP contribution in [-0.4, -0.2) is 68.7 Å². The third-order valence-electron chi connectivity index (χ3n) is 3.86. The van der Waals surface area contributed by atoms with Crippen molar-refractivity contribution < 1.29 is 14.6 Å². The lowest BCUT2D eigenvalue weighted by Crippen LogP contribution is -2.56. The van der Waals surface area contributed by atoms with E-state index in [1.165, 1.54) is 0 Å². The van der Waals surface area contributed by atoms with E-state index in [4.69, 9.17) is 4.74 Å². The van der Waals surface area contributed by atoms with Gasteiger partial charge in [0.25, 0.3) is 0 Å². The van der Waals surface area contributed by atoms with E-state index < -0.39 is 5.60 Å². The molecule has 1 N–H and O–H groups in total. The number of rotatable bonds is 4. The van der Waals surface area contributed by atoms with E-state index in [0.717, 1.165) is 18.7 Å². The monoisotopic (exact) mass is 324 g/mol. The van der Waals surface area contributed by atoms with Crippen LogP contribution in [0, 0.1) is 0 Å². The lowest BCUT2D eigenvalue weighted by atomic mass is 10.1. The van der Waals surface area contributed by atoms with Gasteiger partial charge in [0.1, 0.15) is 5.60 Å². The smallest absolute Gasteiger partial charge is 0.410 e. The summed E-state index contributed by atoms with van der Waals surface area (Å²) >= 11 is 0. The Kier molecular flexibility index (Phi) is 5.64. The summed E-state index contributed by atoms with van der Waals surface area (Å²) in [7, 11) is 0. The molecule has 0 radical (unpaired) electrons. The molecule has 1 fully saturated rings. The van der Waals surface area contributed by atoms with Crippen LogP contribution in [0.5, 0.6) is 0 Å². The second-order valence-corrected chi connectivity index (χ2v) is 6.94. The summed E-state index contributed by atoms with van der Waals surface area (Å²) in [6.45, 7) is 11.0. The Morgan fingerprint density at radius 3 is 2.74 bits per heavy atom. The Hall–Kier alpha value is -1.60. The number of carbonyl (C=O) groups is 1. The van der Waals surface area contributed by atoms with Crippen molar-refractivity contribution in [2.75, 3.05) is 26.2 Å². The molecule has 2 rings (SSSR count). The summed E-state index contributed by atoms with van der Waals surface area (Å²) in [5.74, 6) is 0. The number of hydrogen-bond donors (Lipinski definition) is 1. The van der Waals surface area contributed by atoms with Gasteiger partial charge in [0.05, 0.1) is 18.8 Å². The Labute approximate surface area is 137 Å². The van der Waals surface area contributed by atoms with Crippen LogP contribution in [-0.2, 0) is 17.8 Å². The van der Waals surface area contributed by atoms with E-state index >= 15 is 0 Å². The zero-order valence-corrected chi connectivity index (χ0v) is 14.5. The fraction of sp³-hybridized carbons (Fsp3) is 0.750. The van der Waals surface area contributed by atoms with E-state index in [9.17, 15) is 9.90 Å². The Morgan fingerprint density at radius 1 is 1.43 bits per heavy atom. The largest absolute Gasteiger partial charge is 0.444 e. The number of nitrogens with zero attached hydrogens (tertiary/aromatic N) is 4. The SMILES string of the molecule is CCn1cc(CN2CCN(C(=O)OC(C)(C)C)CC2CO)cn1. The molecule has 1 amide bonds. The summed E-state index contributed by atoms with van der Waals surface area (Å²) in [6.07, 6.45) is 3.57. The lowest BCUT2D eigenvalue weighted by Gasteiger charge is -2.40. The molecule has 1 aromatic heterocycles. The van der Waals surface area contributed by atoms with Crippen LogP contribution in [0.15, 0.2) is 12.4 Å². The topological polar surface area (TPSA) is 70.8 Å². The molecule has 1 unspecified atom stereocenters. The Morgan fingerprint density at radius 2 is 2.17 bits per heavy atom. The van der Waals surface area contributed by atoms with Crippen LogP contribution < -0.4 is 0 Å². The van der Waals surface area contributed by atoms with Gasteiger partial charge in [0.15, 0.2) is 0 Å². The molecule has 1 saturated heterocycles. The van der Waals surface area contributed by atoms with Gasteiger partial charge in [-0.05, 0) is 27.7 Å². The molecule has 0 aromatic carbocycles. The van der Waals surface area contributed by atoms with Crippen molar-refractivity contribution in [3.05, 3.63) is 18.0 Å². The first-order valence-corrected chi connectivity index (χ1v) is 8.16. The number of hydrogen-bond acceptors (Lipinski definition) is 5. The van der Waals surface area contributed by atoms with Crippen molar-refractivity contribution in [1.82, 2.24) is 19.6 Å². The summed E-state index contributed by atoms with van der Waals surface area (Å²) in [5.41, 5.74) is 0.619. The highest BCUT2D eigenvalue weighted by molar-refractivity contribution is 5.68. The lowest BCUT2D eigenvalue weighted by molar-refractivity contribution is -0.00610. The standard InChI is InChI=1S/C16H28N4O3/c1-5-20-10-13(8-17-20)9-18-6-7-19(11-14(18)12-21)15(22)23-16(2,3)4/h8,10,14,21H,5-7,9,11-12H2,1-4H3. The number of aliphatic hydroxyl groups is 1. The molecule has 2 heterocycles. The molecule has 1 aromatic rings. The molecule has 23 heavy (non-hydrogen) atoms. The molecule has 7 nitrogen and oxygen atoms in total. The first-order chi connectivity index (χ1) is 10.8. The maximum absolute atomic E-state index is 12.2. The van der Waals surface area contributed by atoms with Gasteiger partial charge >= 0.3 is 6.09 Å². The summed E-state index contributed by atoms with van der Waals surface area (Å²) in [6, 6.07) is -0.0822. The predicted octanol–water partition coefficient (Wildman–Crippen LogP) is 1.32. The van der Waals surface area contributed by atoms with Gasteiger partial charge < -0.3 is 14.7 Å². The molecule has 1 aliphatic heterocycles. The quantitative estimate of drug-likeness (QED) is 0.904. The van der Waals surface area contributed by atoms with Crippen LogP contribution in [0.2, 0.25) is 0 Å². The highest BCUT2D eigenvalue weighted by atomic mass is 16.6. The van der Waals surface area contributed by atoms with Crippen LogP contribution in [0.4, 0.5) is 4.79 Å². The highest BCUT2D eigenvalue weighted by Gasteiger charge is 2.31. The van der Waals surface area contributed by atoms with Gasteiger partial charge in [-0.25, -0.2) is 4.79 Å². The first kappa shape index (κ1) is 17.7. The van der Waals surface area contributed by atoms with Crippen molar-refractivity contribution in [2.24, 2.45) is 0 Å². The fourth-order valence-electron chi connectivity index (χ4n) is 2.66. The minimum absolute atomic E-state index is 0.0151. The fourth-order valence-corrected chi connectivity index (χ4v) is 2.66. The van der Waals surface area contributed by atoms with Crippen LogP contribution in [0.25, 0.3) is 0 Å². The number of amides is 1. The molecule has 0 saturated carbocycles. The van der Waals surface area contributed by atoms with E-state index in [1.54, 1.807) is 4.90 Å². The van der Waals surface area contributed by atoms with E-state index in [0.29, 0.717) is 19.6 Å². The third kappa shape index (κ3) is 4.94. The number of aromatic nitrogens is 2. The van der Waals surface area contributed by atoms with Crippen molar-refractivity contribution >= 4 is 6.09 Å². The normalized spacial score (nSPS) is 19.9. The molecular formula is C16H28N4O3. The molecule has 1 aliphatic rings. The van der Waals surface area contributed by atoms with Gasteiger partial charge in [0, 0.05) is 44.5 Å². The van der Waals surface area contributed by atoms with Gasteiger partial charge in [-0.1, -0.05) is 0 Å². The number of carbonyl (C=O) groups excluding carboxylic acids is 1. The highest BCUT2D eigenvalue weighted by Crippen LogP contribution is 2.17. The second-order valence-electron chi connectivity index (χ2n) is 6.94. The van der Waals surface area contributed by atoms with Gasteiger partial charge in [0.2, 0.25) is 0 Å². The molecule has 7 heteroatoms. The molecule has 0 bridgehead atoms. The maximum atomic E-state index is 12.2. The van der Waals surface area contributed by atoms with E-state index in [2.05, 4.69) is 10.00 Å². The molecule has 1 atom stereocenters. The number of piperazine rings is 1. The Bertz CT molecular complexity index is 524. The van der Waals surface area contributed by atoms with Crippen molar-refractivity contribution in [1.29, 1.82) is 0 Å². The summed E-state index contributed by atoms with van der Waals surface area (Å²) < 4.78 is 7.30. The van der Waals surface area contributed by atoms with Crippen LogP contribution in [0.1, 0.15) is 33.3 Å². The van der Waals surface area contributed by atoms with Crippen LogP contribution >= 0.6 is 0 Å². The van der Waals surface area contributed by atoms with Gasteiger partial charge in [-0.15, -0.1) is 0 Å². The van der Waals surface area contributed by atoms with Crippen molar-refractivity contribution in [2.45, 2.75) is 52.4 Å². The van der Waals surface area contributed by atoms with Crippen molar-refractivity contribution in [3.8, 4) is 0 Å². The average Bonchev–Trinajstić information content (AvgIpc) is 2.93. The molecule has 0 aliphatic carbocycles. The third-order valence-corrected chi connectivity index (χ3v) is 3.86. The number of ether oxygens (including phenoxy) is 1. The van der Waals surface area contributed by atoms with E-state index in [-0.39, 0.29) is 18.7 Å². The number of aliphatic hydroxyl groups excluding tert-OH is 1. The summed E-state index contributed by atoms with van der Waals surface area (Å²) in [5, 5.41) is 14.0. The predicted molar refractivity (Wildman–Crippen MR) is 87.0 cm³/mol. The Balaban J connectivity index is 1.94. The first-order valence-electron chi connectivity index (χ1n) is 8.16.